The molecule has 5 heteroatoms. The van der Waals surface area contributed by atoms with Gasteiger partial charge in [0.05, 0.1) is 21.1 Å². The normalized spacial score (nSPS) is 13.4. The summed E-state index contributed by atoms with van der Waals surface area (Å²) in [6.07, 6.45) is 26.1. The van der Waals surface area contributed by atoms with Crippen molar-refractivity contribution in [2.24, 2.45) is 5.92 Å². The Morgan fingerprint density at radius 1 is 0.676 bits per heavy atom. The molecule has 0 rings (SSSR count). The van der Waals surface area contributed by atoms with Gasteiger partial charge < -0.3 is 19.1 Å². The molecule has 0 aliphatic carbocycles. The van der Waals surface area contributed by atoms with Crippen molar-refractivity contribution in [3.05, 3.63) is 0 Å². The summed E-state index contributed by atoms with van der Waals surface area (Å²) in [5.41, 5.74) is 0. The highest BCUT2D eigenvalue weighted by Gasteiger charge is 2.22. The molecule has 0 aromatic carbocycles. The van der Waals surface area contributed by atoms with Gasteiger partial charge in [-0.15, -0.1) is 0 Å². The predicted octanol–water partition coefficient (Wildman–Crippen LogP) is 7.59. The van der Waals surface area contributed by atoms with E-state index in [1.807, 2.05) is 21.1 Å². The van der Waals surface area contributed by atoms with Crippen molar-refractivity contribution in [2.75, 3.05) is 27.7 Å². The summed E-state index contributed by atoms with van der Waals surface area (Å²) in [6.45, 7) is 5.20. The lowest BCUT2D eigenvalue weighted by Gasteiger charge is -2.29. The van der Waals surface area contributed by atoms with E-state index in [1.165, 1.54) is 109 Å². The highest BCUT2D eigenvalue weighted by atomic mass is 16.5. The van der Waals surface area contributed by atoms with Crippen LogP contribution in [0.5, 0.6) is 0 Å². The number of hydrogen-bond acceptors (Lipinski definition) is 4. The molecule has 220 valence electrons. The molecular weight excluding hydrogens is 462 g/mol. The van der Waals surface area contributed by atoms with Crippen LogP contribution >= 0.6 is 0 Å². The summed E-state index contributed by atoms with van der Waals surface area (Å²) in [7, 11) is 5.86. The van der Waals surface area contributed by atoms with E-state index in [1.54, 1.807) is 0 Å². The second kappa shape index (κ2) is 24.0. The van der Waals surface area contributed by atoms with Gasteiger partial charge in [-0.25, -0.2) is 0 Å². The Morgan fingerprint density at radius 2 is 1.08 bits per heavy atom. The molecule has 0 aliphatic heterocycles. The molecule has 5 nitrogen and oxygen atoms in total. The van der Waals surface area contributed by atoms with E-state index in [0.717, 1.165) is 25.2 Å². The first-order chi connectivity index (χ1) is 17.6. The zero-order chi connectivity index (χ0) is 27.8. The van der Waals surface area contributed by atoms with E-state index in [0.29, 0.717) is 17.4 Å². The van der Waals surface area contributed by atoms with Gasteiger partial charge in [-0.05, 0) is 12.3 Å². The fraction of sp³-hybridized carbons (Fsp3) is 0.938. The summed E-state index contributed by atoms with van der Waals surface area (Å²) in [5, 5.41) is 10.9. The summed E-state index contributed by atoms with van der Waals surface area (Å²) in [4.78, 5) is 23.0. The molecule has 0 N–H and O–H groups in total. The van der Waals surface area contributed by atoms with Gasteiger partial charge >= 0.3 is 5.97 Å². The van der Waals surface area contributed by atoms with Crippen molar-refractivity contribution in [1.82, 2.24) is 0 Å². The number of unbranched alkanes of at least 4 members (excludes halogenated alkanes) is 16. The van der Waals surface area contributed by atoms with Crippen molar-refractivity contribution in [2.45, 2.75) is 161 Å². The zero-order valence-electron chi connectivity index (χ0n) is 25.5. The maximum absolute atomic E-state index is 12.1. The first-order valence-corrected chi connectivity index (χ1v) is 15.8. The Morgan fingerprint density at radius 3 is 1.49 bits per heavy atom. The molecule has 0 amide bonds. The number of ether oxygens (including phenoxy) is 1. The molecule has 0 aromatic heterocycles. The number of esters is 1. The van der Waals surface area contributed by atoms with Crippen LogP contribution in [-0.2, 0) is 14.3 Å². The van der Waals surface area contributed by atoms with E-state index in [2.05, 4.69) is 13.8 Å². The minimum Gasteiger partial charge on any atom is -0.550 e. The number of carbonyl (C=O) groups is 2. The first-order valence-electron chi connectivity index (χ1n) is 15.8. The van der Waals surface area contributed by atoms with Gasteiger partial charge in [-0.1, -0.05) is 136 Å². The van der Waals surface area contributed by atoms with Crippen LogP contribution < -0.4 is 5.11 Å². The van der Waals surface area contributed by atoms with Gasteiger partial charge in [0.1, 0.15) is 6.54 Å². The third-order valence-corrected chi connectivity index (χ3v) is 7.32. The molecule has 37 heavy (non-hydrogen) atoms. The molecule has 0 fully saturated rings. The zero-order valence-corrected chi connectivity index (χ0v) is 25.5. The quantitative estimate of drug-likeness (QED) is 0.0629. The van der Waals surface area contributed by atoms with Crippen molar-refractivity contribution < 1.29 is 23.9 Å². The number of carbonyl (C=O) groups excluding carboxylic acids is 2. The third kappa shape index (κ3) is 27.7. The topological polar surface area (TPSA) is 66.4 Å². The van der Waals surface area contributed by atoms with Crippen molar-refractivity contribution in [3.63, 3.8) is 0 Å². The Balaban J connectivity index is 3.48. The number of carboxylic acid groups (broad SMARTS) is 1. The smallest absolute Gasteiger partial charge is 0.306 e. The fourth-order valence-corrected chi connectivity index (χ4v) is 5.13. The van der Waals surface area contributed by atoms with Crippen LogP contribution in [0, 0.1) is 5.92 Å². The number of nitrogens with zero attached hydrogens (tertiary/aromatic N) is 1. The molecule has 2 atom stereocenters. The number of quaternary nitrogens is 1. The molecular formula is C32H63NO4. The van der Waals surface area contributed by atoms with Crippen LogP contribution in [0.4, 0.5) is 0 Å². The van der Waals surface area contributed by atoms with Crippen LogP contribution in [0.2, 0.25) is 0 Å². The molecule has 0 radical (unpaired) electrons. The summed E-state index contributed by atoms with van der Waals surface area (Å²) in [5.74, 6) is -0.538. The maximum Gasteiger partial charge on any atom is 0.306 e. The van der Waals surface area contributed by atoms with Crippen LogP contribution in [0.1, 0.15) is 155 Å². The van der Waals surface area contributed by atoms with Gasteiger partial charge in [-0.2, -0.15) is 0 Å². The Labute approximate surface area is 230 Å². The van der Waals surface area contributed by atoms with Crippen LogP contribution in [0.3, 0.4) is 0 Å². The fourth-order valence-electron chi connectivity index (χ4n) is 5.13. The molecule has 0 saturated heterocycles. The predicted molar refractivity (Wildman–Crippen MR) is 154 cm³/mol. The average molecular weight is 526 g/mol. The second-order valence-electron chi connectivity index (χ2n) is 12.6. The molecule has 0 spiro atoms. The summed E-state index contributed by atoms with van der Waals surface area (Å²) < 4.78 is 5.96. The van der Waals surface area contributed by atoms with E-state index < -0.39 is 12.1 Å². The Kier molecular flexibility index (Phi) is 23.3. The van der Waals surface area contributed by atoms with Crippen molar-refractivity contribution in [3.8, 4) is 0 Å². The number of hydrogen-bond donors (Lipinski definition) is 0. The molecule has 2 unspecified atom stereocenters. The number of aliphatic carboxylic acids is 1. The summed E-state index contributed by atoms with van der Waals surface area (Å²) >= 11 is 0. The van der Waals surface area contributed by atoms with Gasteiger partial charge in [-0.3, -0.25) is 4.79 Å². The lowest BCUT2D eigenvalue weighted by Crippen LogP contribution is -2.45. The third-order valence-electron chi connectivity index (χ3n) is 7.32. The van der Waals surface area contributed by atoms with Gasteiger partial charge in [0.25, 0.3) is 0 Å². The van der Waals surface area contributed by atoms with Crippen LogP contribution in [0.25, 0.3) is 0 Å². The summed E-state index contributed by atoms with van der Waals surface area (Å²) in [6, 6.07) is 0. The van der Waals surface area contributed by atoms with E-state index in [4.69, 9.17) is 4.74 Å². The van der Waals surface area contributed by atoms with Crippen LogP contribution in [-0.4, -0.2) is 50.2 Å². The van der Waals surface area contributed by atoms with Gasteiger partial charge in [0.2, 0.25) is 0 Å². The molecule has 0 aromatic rings. The molecule has 0 aliphatic rings. The Bertz CT molecular complexity index is 543. The Hall–Kier alpha value is -1.10. The van der Waals surface area contributed by atoms with E-state index in [9.17, 15) is 14.7 Å². The van der Waals surface area contributed by atoms with E-state index >= 15 is 0 Å². The standard InChI is InChI=1S/C32H63NO4/c1-6-7-8-18-21-24-29(2)25-22-19-16-14-12-10-9-11-13-15-17-20-23-26-32(36)37-30(27-31(34)35)28-33(3,4)5/h29-30H,6-28H2,1-5H3. The number of carboxylic acids is 1. The molecule has 0 saturated carbocycles. The highest BCUT2D eigenvalue weighted by Crippen LogP contribution is 2.19. The number of rotatable bonds is 27. The molecule has 0 heterocycles. The lowest BCUT2D eigenvalue weighted by atomic mass is 9.96. The van der Waals surface area contributed by atoms with E-state index in [-0.39, 0.29) is 12.4 Å². The monoisotopic (exact) mass is 525 g/mol. The first kappa shape index (κ1) is 35.9. The average Bonchev–Trinajstić information content (AvgIpc) is 2.79. The SMILES string of the molecule is CCCCCCCC(C)CCCCCCCCCCCCCCCC(=O)OC(CC(=O)[O-])C[N+](C)(C)C. The van der Waals surface area contributed by atoms with Crippen LogP contribution in [0.15, 0.2) is 0 Å². The second-order valence-corrected chi connectivity index (χ2v) is 12.6. The van der Waals surface area contributed by atoms with Crippen molar-refractivity contribution >= 4 is 11.9 Å². The number of likely N-dealkylation sites (N-methyl/N-ethyl adjacent to an activating group) is 1. The van der Waals surface area contributed by atoms with Crippen molar-refractivity contribution in [1.29, 1.82) is 0 Å². The minimum atomic E-state index is -1.17. The highest BCUT2D eigenvalue weighted by molar-refractivity contribution is 5.70. The van der Waals surface area contributed by atoms with Gasteiger partial charge in [0.15, 0.2) is 6.10 Å². The molecule has 0 bridgehead atoms. The minimum absolute atomic E-state index is 0.236. The largest absolute Gasteiger partial charge is 0.550 e. The lowest BCUT2D eigenvalue weighted by molar-refractivity contribution is -0.873. The maximum atomic E-state index is 12.1. The van der Waals surface area contributed by atoms with Gasteiger partial charge in [0, 0.05) is 18.8 Å².